The smallest absolute Gasteiger partial charge is 0.232 e. The van der Waals surface area contributed by atoms with Crippen molar-refractivity contribution >= 4 is 17.5 Å². The van der Waals surface area contributed by atoms with Crippen molar-refractivity contribution in [2.45, 2.75) is 25.9 Å². The lowest BCUT2D eigenvalue weighted by atomic mass is 9.85. The number of amides is 1. The van der Waals surface area contributed by atoms with Crippen molar-refractivity contribution in [1.29, 1.82) is 0 Å². The van der Waals surface area contributed by atoms with Crippen molar-refractivity contribution < 1.29 is 9.53 Å². The number of aryl methyl sites for hydroxylation is 1. The average molecular weight is 377 g/mol. The summed E-state index contributed by atoms with van der Waals surface area (Å²) in [7, 11) is 1.59. The number of fused-ring (bicyclic) bond motifs is 1. The van der Waals surface area contributed by atoms with Crippen LogP contribution in [0.25, 0.3) is 0 Å². The fourth-order valence-electron chi connectivity index (χ4n) is 3.72. The molecule has 28 heavy (non-hydrogen) atoms. The van der Waals surface area contributed by atoms with Crippen molar-refractivity contribution in [3.05, 3.63) is 66.0 Å². The molecule has 3 aromatic rings. The minimum Gasteiger partial charge on any atom is -0.495 e. The van der Waals surface area contributed by atoms with E-state index in [1.165, 1.54) is 11.9 Å². The Morgan fingerprint density at radius 1 is 1.18 bits per heavy atom. The fourth-order valence-corrected chi connectivity index (χ4v) is 3.72. The molecular formula is C21H23N5O2. The molecule has 4 rings (SSSR count). The molecule has 0 fully saturated rings. The summed E-state index contributed by atoms with van der Waals surface area (Å²) in [6, 6.07) is 15.2. The minimum atomic E-state index is -0.387. The minimum absolute atomic E-state index is 0.101. The number of aromatic nitrogens is 3. The van der Waals surface area contributed by atoms with Gasteiger partial charge in [0.1, 0.15) is 12.1 Å². The van der Waals surface area contributed by atoms with Gasteiger partial charge in [-0.05, 0) is 31.5 Å². The van der Waals surface area contributed by atoms with Crippen LogP contribution in [-0.4, -0.2) is 33.8 Å². The van der Waals surface area contributed by atoms with E-state index >= 15 is 0 Å². The standard InChI is InChI=1S/C21H23N5O2/c1-13-8-10-15(11-9-13)19-18(14(2)24-21-22-12-23-26(19)21)20(27)25-16-6-4-5-7-17(16)28-3/h4-12,14,18-19H,1-3H3,(H,25,27)(H,22,23,24)/t14-,18-,19+/m0/s1. The highest BCUT2D eigenvalue weighted by Gasteiger charge is 2.41. The molecule has 3 atom stereocenters. The highest BCUT2D eigenvalue weighted by molar-refractivity contribution is 5.95. The molecule has 0 saturated carbocycles. The summed E-state index contributed by atoms with van der Waals surface area (Å²) in [5.41, 5.74) is 2.83. The Labute approximate surface area is 163 Å². The van der Waals surface area contributed by atoms with Crippen molar-refractivity contribution in [2.24, 2.45) is 5.92 Å². The van der Waals surface area contributed by atoms with Crippen LogP contribution in [0.4, 0.5) is 11.6 Å². The van der Waals surface area contributed by atoms with Crippen LogP contribution in [-0.2, 0) is 4.79 Å². The first-order chi connectivity index (χ1) is 13.6. The van der Waals surface area contributed by atoms with Crippen molar-refractivity contribution in [3.8, 4) is 5.75 Å². The molecule has 0 radical (unpaired) electrons. The zero-order valence-electron chi connectivity index (χ0n) is 16.1. The molecule has 2 aromatic carbocycles. The number of ether oxygens (including phenoxy) is 1. The van der Waals surface area contributed by atoms with Gasteiger partial charge in [0.15, 0.2) is 0 Å². The van der Waals surface area contributed by atoms with E-state index in [0.29, 0.717) is 17.4 Å². The third kappa shape index (κ3) is 3.19. The Hall–Kier alpha value is -3.35. The number of nitrogens with zero attached hydrogens (tertiary/aromatic N) is 3. The summed E-state index contributed by atoms with van der Waals surface area (Å²) in [5.74, 6) is 0.804. The van der Waals surface area contributed by atoms with Crippen LogP contribution in [0.1, 0.15) is 24.1 Å². The Balaban J connectivity index is 1.72. The van der Waals surface area contributed by atoms with Gasteiger partial charge >= 0.3 is 0 Å². The van der Waals surface area contributed by atoms with Crippen LogP contribution in [0.5, 0.6) is 5.75 Å². The van der Waals surface area contributed by atoms with E-state index in [0.717, 1.165) is 5.56 Å². The highest BCUT2D eigenvalue weighted by Crippen LogP contribution is 2.37. The van der Waals surface area contributed by atoms with Gasteiger partial charge in [0.2, 0.25) is 11.9 Å². The maximum Gasteiger partial charge on any atom is 0.232 e. The lowest BCUT2D eigenvalue weighted by Crippen LogP contribution is -2.46. The topological polar surface area (TPSA) is 81.1 Å². The average Bonchev–Trinajstić information content (AvgIpc) is 3.16. The summed E-state index contributed by atoms with van der Waals surface area (Å²) in [4.78, 5) is 17.7. The molecule has 0 spiro atoms. The van der Waals surface area contributed by atoms with Gasteiger partial charge in [-0.15, -0.1) is 0 Å². The fraction of sp³-hybridized carbons (Fsp3) is 0.286. The van der Waals surface area contributed by atoms with E-state index in [1.54, 1.807) is 11.8 Å². The number of carbonyl (C=O) groups excluding carboxylic acids is 1. The molecule has 2 heterocycles. The number of rotatable bonds is 4. The zero-order chi connectivity index (χ0) is 19.7. The Kier molecular flexibility index (Phi) is 4.73. The predicted molar refractivity (Wildman–Crippen MR) is 108 cm³/mol. The number of hydrogen-bond acceptors (Lipinski definition) is 5. The van der Waals surface area contributed by atoms with Crippen molar-refractivity contribution in [3.63, 3.8) is 0 Å². The van der Waals surface area contributed by atoms with Crippen molar-refractivity contribution in [2.75, 3.05) is 17.7 Å². The first-order valence-corrected chi connectivity index (χ1v) is 9.25. The second kappa shape index (κ2) is 7.34. The van der Waals surface area contributed by atoms with Gasteiger partial charge in [-0.1, -0.05) is 42.0 Å². The predicted octanol–water partition coefficient (Wildman–Crippen LogP) is 3.25. The van der Waals surface area contributed by atoms with Crippen LogP contribution in [0.3, 0.4) is 0 Å². The molecule has 7 heteroatoms. The SMILES string of the molecule is COc1ccccc1NC(=O)[C@H]1[C@H](C)Nc2ncnn2[C@@H]1c1ccc(C)cc1. The van der Waals surface area contributed by atoms with Gasteiger partial charge in [0.05, 0.1) is 24.8 Å². The summed E-state index contributed by atoms with van der Waals surface area (Å²) in [6.07, 6.45) is 1.51. The Bertz CT molecular complexity index is 982. The lowest BCUT2D eigenvalue weighted by Gasteiger charge is -2.37. The summed E-state index contributed by atoms with van der Waals surface area (Å²) in [5, 5.41) is 10.7. The molecule has 144 valence electrons. The van der Waals surface area contributed by atoms with Crippen LogP contribution < -0.4 is 15.4 Å². The number of para-hydroxylation sites is 2. The van der Waals surface area contributed by atoms with Gasteiger partial charge in [-0.3, -0.25) is 4.79 Å². The number of carbonyl (C=O) groups is 1. The molecule has 1 aliphatic heterocycles. The number of methoxy groups -OCH3 is 1. The third-order valence-electron chi connectivity index (χ3n) is 5.16. The number of nitrogens with one attached hydrogen (secondary N) is 2. The summed E-state index contributed by atoms with van der Waals surface area (Å²) >= 11 is 0. The van der Waals surface area contributed by atoms with Gasteiger partial charge in [-0.25, -0.2) is 4.68 Å². The quantitative estimate of drug-likeness (QED) is 0.729. The molecule has 0 bridgehead atoms. The third-order valence-corrected chi connectivity index (χ3v) is 5.16. The van der Waals surface area contributed by atoms with Gasteiger partial charge in [-0.2, -0.15) is 10.1 Å². The monoisotopic (exact) mass is 377 g/mol. The Morgan fingerprint density at radius 2 is 1.93 bits per heavy atom. The maximum atomic E-state index is 13.4. The van der Waals surface area contributed by atoms with Crippen LogP contribution in [0, 0.1) is 12.8 Å². The normalized spacial score (nSPS) is 20.8. The molecule has 2 N–H and O–H groups in total. The lowest BCUT2D eigenvalue weighted by molar-refractivity contribution is -0.121. The van der Waals surface area contributed by atoms with E-state index in [4.69, 9.17) is 4.74 Å². The van der Waals surface area contributed by atoms with E-state index in [2.05, 4.69) is 20.7 Å². The highest BCUT2D eigenvalue weighted by atomic mass is 16.5. The first kappa shape index (κ1) is 18.0. The summed E-state index contributed by atoms with van der Waals surface area (Å²) in [6.45, 7) is 4.04. The Morgan fingerprint density at radius 3 is 2.68 bits per heavy atom. The first-order valence-electron chi connectivity index (χ1n) is 9.25. The van der Waals surface area contributed by atoms with E-state index in [9.17, 15) is 4.79 Å². The number of hydrogen-bond donors (Lipinski definition) is 2. The number of benzene rings is 2. The van der Waals surface area contributed by atoms with E-state index in [1.807, 2.05) is 62.4 Å². The van der Waals surface area contributed by atoms with Crippen LogP contribution >= 0.6 is 0 Å². The van der Waals surface area contributed by atoms with Crippen molar-refractivity contribution in [1.82, 2.24) is 14.8 Å². The van der Waals surface area contributed by atoms with Gasteiger partial charge in [0.25, 0.3) is 0 Å². The maximum absolute atomic E-state index is 13.4. The van der Waals surface area contributed by atoms with Crippen LogP contribution in [0.2, 0.25) is 0 Å². The summed E-state index contributed by atoms with van der Waals surface area (Å²) < 4.78 is 7.16. The zero-order valence-corrected chi connectivity index (χ0v) is 16.1. The largest absolute Gasteiger partial charge is 0.495 e. The van der Waals surface area contributed by atoms with E-state index < -0.39 is 0 Å². The molecule has 0 unspecified atom stereocenters. The second-order valence-electron chi connectivity index (χ2n) is 7.03. The second-order valence-corrected chi connectivity index (χ2v) is 7.03. The molecule has 1 amide bonds. The van der Waals surface area contributed by atoms with Gasteiger partial charge in [0, 0.05) is 6.04 Å². The van der Waals surface area contributed by atoms with Gasteiger partial charge < -0.3 is 15.4 Å². The molecule has 7 nitrogen and oxygen atoms in total. The molecule has 1 aromatic heterocycles. The van der Waals surface area contributed by atoms with Crippen LogP contribution in [0.15, 0.2) is 54.9 Å². The molecular weight excluding hydrogens is 354 g/mol. The molecule has 0 saturated heterocycles. The van der Waals surface area contributed by atoms with E-state index in [-0.39, 0.29) is 23.9 Å². The molecule has 0 aliphatic carbocycles. The molecule has 1 aliphatic rings. The number of anilines is 2.